The smallest absolute Gasteiger partial charge is 0.325 e. The second kappa shape index (κ2) is 6.41. The fourth-order valence-electron chi connectivity index (χ4n) is 2.29. The number of amides is 1. The van der Waals surface area contributed by atoms with Crippen molar-refractivity contribution >= 4 is 11.9 Å². The number of carboxylic acid groups (broad SMARTS) is 1. The summed E-state index contributed by atoms with van der Waals surface area (Å²) in [4.78, 5) is 22.1. The predicted octanol–water partition coefficient (Wildman–Crippen LogP) is 1.53. The lowest BCUT2D eigenvalue weighted by molar-refractivity contribution is -0.141. The van der Waals surface area contributed by atoms with Crippen LogP contribution in [0.4, 0.5) is 0 Å². The van der Waals surface area contributed by atoms with E-state index in [0.717, 1.165) is 12.8 Å². The van der Waals surface area contributed by atoms with Gasteiger partial charge in [-0.2, -0.15) is 0 Å². The van der Waals surface area contributed by atoms with Crippen LogP contribution in [-0.2, 0) is 22.4 Å². The summed E-state index contributed by atoms with van der Waals surface area (Å²) in [5.41, 5.74) is 2.64. The lowest BCUT2D eigenvalue weighted by Gasteiger charge is -2.17. The number of hydrogen-bond donors (Lipinski definition) is 2. The normalized spacial score (nSPS) is 15.1. The molecule has 2 N–H and O–H groups in total. The van der Waals surface area contributed by atoms with Crippen molar-refractivity contribution in [1.82, 2.24) is 5.32 Å². The molecule has 0 saturated heterocycles. The average Bonchev–Trinajstić information content (AvgIpc) is 2.44. The number of hydrogen-bond acceptors (Lipinski definition) is 3. The predicted molar refractivity (Wildman–Crippen MR) is 73.8 cm³/mol. The third kappa shape index (κ3) is 3.73. The van der Waals surface area contributed by atoms with Crippen LogP contribution in [0.25, 0.3) is 0 Å². The van der Waals surface area contributed by atoms with E-state index >= 15 is 0 Å². The first kappa shape index (κ1) is 14.4. The Morgan fingerprint density at radius 3 is 2.70 bits per heavy atom. The molecule has 2 rings (SSSR count). The van der Waals surface area contributed by atoms with Crippen LogP contribution in [-0.4, -0.2) is 29.6 Å². The van der Waals surface area contributed by atoms with Crippen molar-refractivity contribution < 1.29 is 19.4 Å². The van der Waals surface area contributed by atoms with Crippen molar-refractivity contribution in [3.8, 4) is 5.75 Å². The Hall–Kier alpha value is -2.04. The van der Waals surface area contributed by atoms with Gasteiger partial charge in [-0.15, -0.1) is 0 Å². The zero-order valence-corrected chi connectivity index (χ0v) is 11.5. The molecule has 20 heavy (non-hydrogen) atoms. The molecule has 108 valence electrons. The zero-order chi connectivity index (χ0) is 14.5. The van der Waals surface area contributed by atoms with Gasteiger partial charge in [0.15, 0.2) is 6.61 Å². The highest BCUT2D eigenvalue weighted by Crippen LogP contribution is 2.25. The Labute approximate surface area is 117 Å². The standard InChI is InChI=1S/C15H19NO4/c1-10(15(18)19)16-14(17)9-20-13-7-6-11-4-2-3-5-12(11)8-13/h6-8,10H,2-5,9H2,1H3,(H,16,17)(H,18,19). The molecule has 1 amide bonds. The molecule has 1 aliphatic rings. The maximum atomic E-state index is 11.5. The molecule has 0 fully saturated rings. The van der Waals surface area contributed by atoms with E-state index in [2.05, 4.69) is 5.32 Å². The maximum Gasteiger partial charge on any atom is 0.325 e. The third-order valence-electron chi connectivity index (χ3n) is 3.44. The van der Waals surface area contributed by atoms with Crippen molar-refractivity contribution in [1.29, 1.82) is 0 Å². The Kier molecular flexibility index (Phi) is 4.61. The minimum absolute atomic E-state index is 0.170. The van der Waals surface area contributed by atoms with Crippen molar-refractivity contribution in [2.45, 2.75) is 38.6 Å². The molecule has 1 aliphatic carbocycles. The van der Waals surface area contributed by atoms with Gasteiger partial charge >= 0.3 is 5.97 Å². The molecule has 1 unspecified atom stereocenters. The summed E-state index contributed by atoms with van der Waals surface area (Å²) in [6.07, 6.45) is 4.57. The van der Waals surface area contributed by atoms with E-state index in [0.29, 0.717) is 5.75 Å². The summed E-state index contributed by atoms with van der Waals surface area (Å²) in [6, 6.07) is 4.97. The van der Waals surface area contributed by atoms with Crippen LogP contribution in [0.2, 0.25) is 0 Å². The summed E-state index contributed by atoms with van der Waals surface area (Å²) >= 11 is 0. The maximum absolute atomic E-state index is 11.5. The Bertz CT molecular complexity index is 513. The average molecular weight is 277 g/mol. The lowest BCUT2D eigenvalue weighted by atomic mass is 9.92. The van der Waals surface area contributed by atoms with E-state index in [-0.39, 0.29) is 6.61 Å². The van der Waals surface area contributed by atoms with Crippen LogP contribution in [0, 0.1) is 0 Å². The first-order chi connectivity index (χ1) is 9.56. The summed E-state index contributed by atoms with van der Waals surface area (Å²) < 4.78 is 5.41. The van der Waals surface area contributed by atoms with E-state index in [1.807, 2.05) is 18.2 Å². The molecule has 0 spiro atoms. The zero-order valence-electron chi connectivity index (χ0n) is 11.5. The highest BCUT2D eigenvalue weighted by molar-refractivity contribution is 5.84. The van der Waals surface area contributed by atoms with Crippen LogP contribution in [0.3, 0.4) is 0 Å². The molecule has 0 heterocycles. The van der Waals surface area contributed by atoms with Gasteiger partial charge in [-0.25, -0.2) is 0 Å². The van der Waals surface area contributed by atoms with E-state index in [1.165, 1.54) is 30.9 Å². The van der Waals surface area contributed by atoms with Gasteiger partial charge in [-0.1, -0.05) is 6.07 Å². The molecule has 0 radical (unpaired) electrons. The van der Waals surface area contributed by atoms with Gasteiger partial charge in [0, 0.05) is 0 Å². The van der Waals surface area contributed by atoms with Crippen LogP contribution >= 0.6 is 0 Å². The lowest BCUT2D eigenvalue weighted by Crippen LogP contribution is -2.40. The SMILES string of the molecule is CC(NC(=O)COc1ccc2c(c1)CCCC2)C(=O)O. The molecule has 1 aromatic carbocycles. The van der Waals surface area contributed by atoms with E-state index in [1.54, 1.807) is 0 Å². The van der Waals surface area contributed by atoms with Gasteiger partial charge in [-0.3, -0.25) is 9.59 Å². The Balaban J connectivity index is 1.88. The third-order valence-corrected chi connectivity index (χ3v) is 3.44. The summed E-state index contributed by atoms with van der Waals surface area (Å²) in [5.74, 6) is -0.839. The van der Waals surface area contributed by atoms with Crippen LogP contribution < -0.4 is 10.1 Å². The molecular formula is C15H19NO4. The number of nitrogens with one attached hydrogen (secondary N) is 1. The molecule has 5 nitrogen and oxygen atoms in total. The second-order valence-corrected chi connectivity index (χ2v) is 5.05. The fraction of sp³-hybridized carbons (Fsp3) is 0.467. The molecular weight excluding hydrogens is 258 g/mol. The largest absolute Gasteiger partial charge is 0.484 e. The fourth-order valence-corrected chi connectivity index (χ4v) is 2.29. The highest BCUT2D eigenvalue weighted by Gasteiger charge is 2.15. The van der Waals surface area contributed by atoms with Crippen LogP contribution in [0.1, 0.15) is 30.9 Å². The molecule has 0 saturated carbocycles. The molecule has 1 atom stereocenters. The number of aryl methyl sites for hydroxylation is 2. The summed E-state index contributed by atoms with van der Waals surface area (Å²) in [7, 11) is 0. The van der Waals surface area contributed by atoms with Crippen molar-refractivity contribution in [3.05, 3.63) is 29.3 Å². The summed E-state index contributed by atoms with van der Waals surface area (Å²) in [5, 5.41) is 11.0. The Morgan fingerprint density at radius 2 is 2.00 bits per heavy atom. The number of carbonyl (C=O) groups excluding carboxylic acids is 1. The number of aliphatic carboxylic acids is 1. The van der Waals surface area contributed by atoms with Crippen molar-refractivity contribution in [3.63, 3.8) is 0 Å². The minimum Gasteiger partial charge on any atom is -0.484 e. The summed E-state index contributed by atoms with van der Waals surface area (Å²) in [6.45, 7) is 1.25. The van der Waals surface area contributed by atoms with Crippen LogP contribution in [0.5, 0.6) is 5.75 Å². The quantitative estimate of drug-likeness (QED) is 0.856. The van der Waals surface area contributed by atoms with Crippen LogP contribution in [0.15, 0.2) is 18.2 Å². The van der Waals surface area contributed by atoms with Gasteiger partial charge in [0.2, 0.25) is 0 Å². The molecule has 0 bridgehead atoms. The number of carboxylic acids is 1. The number of fused-ring (bicyclic) bond motifs is 1. The number of ether oxygens (including phenoxy) is 1. The number of carbonyl (C=O) groups is 2. The van der Waals surface area contributed by atoms with E-state index in [9.17, 15) is 9.59 Å². The molecule has 0 aliphatic heterocycles. The van der Waals surface area contributed by atoms with Crippen molar-refractivity contribution in [2.75, 3.05) is 6.61 Å². The minimum atomic E-state index is -1.06. The van der Waals surface area contributed by atoms with Gasteiger partial charge in [0.1, 0.15) is 11.8 Å². The molecule has 5 heteroatoms. The number of benzene rings is 1. The Morgan fingerprint density at radius 1 is 1.30 bits per heavy atom. The van der Waals surface area contributed by atoms with E-state index < -0.39 is 17.9 Å². The highest BCUT2D eigenvalue weighted by atomic mass is 16.5. The van der Waals surface area contributed by atoms with Gasteiger partial charge in [0.05, 0.1) is 0 Å². The van der Waals surface area contributed by atoms with Crippen molar-refractivity contribution in [2.24, 2.45) is 0 Å². The van der Waals surface area contributed by atoms with Gasteiger partial charge in [0.25, 0.3) is 5.91 Å². The van der Waals surface area contributed by atoms with E-state index in [4.69, 9.17) is 9.84 Å². The monoisotopic (exact) mass is 277 g/mol. The first-order valence-electron chi connectivity index (χ1n) is 6.83. The van der Waals surface area contributed by atoms with Gasteiger partial charge < -0.3 is 15.2 Å². The molecule has 0 aromatic heterocycles. The topological polar surface area (TPSA) is 75.6 Å². The first-order valence-corrected chi connectivity index (χ1v) is 6.83. The molecule has 1 aromatic rings. The second-order valence-electron chi connectivity index (χ2n) is 5.05. The van der Waals surface area contributed by atoms with Gasteiger partial charge in [-0.05, 0) is 55.9 Å². The number of rotatable bonds is 5.